The number of carbonyl (C=O) groups excluding carboxylic acids is 2. The summed E-state index contributed by atoms with van der Waals surface area (Å²) < 4.78 is 0. The number of hydrogen-bond acceptors (Lipinski definition) is 5. The van der Waals surface area contributed by atoms with Gasteiger partial charge < -0.3 is 17.2 Å². The van der Waals surface area contributed by atoms with Crippen LogP contribution in [0.25, 0.3) is 0 Å². The molecule has 0 aliphatic rings. The van der Waals surface area contributed by atoms with Gasteiger partial charge >= 0.3 is 0 Å². The van der Waals surface area contributed by atoms with E-state index in [0.717, 1.165) is 44.9 Å². The van der Waals surface area contributed by atoms with Crippen LogP contribution in [0.2, 0.25) is 0 Å². The Morgan fingerprint density at radius 2 is 1.14 bits per heavy atom. The lowest BCUT2D eigenvalue weighted by atomic mass is 9.89. The van der Waals surface area contributed by atoms with Gasteiger partial charge in [0.05, 0.1) is 17.6 Å². The maximum absolute atomic E-state index is 11.6. The zero-order chi connectivity index (χ0) is 17.2. The molecule has 5 heteroatoms. The molecular formula is C17H35N3O2. The van der Waals surface area contributed by atoms with Gasteiger partial charge in [-0.25, -0.2) is 0 Å². The largest absolute Gasteiger partial charge is 0.324 e. The molecule has 0 aromatic heterocycles. The second kappa shape index (κ2) is 10.1. The smallest absolute Gasteiger partial charge is 0.165 e. The minimum atomic E-state index is -0.781. The van der Waals surface area contributed by atoms with Crippen LogP contribution in [0.4, 0.5) is 0 Å². The molecule has 0 saturated carbocycles. The van der Waals surface area contributed by atoms with Gasteiger partial charge in [-0.2, -0.15) is 0 Å². The molecule has 0 saturated heterocycles. The van der Waals surface area contributed by atoms with Gasteiger partial charge in [-0.1, -0.05) is 45.4 Å². The minimum absolute atomic E-state index is 0.0152. The van der Waals surface area contributed by atoms with Crippen molar-refractivity contribution in [3.63, 3.8) is 0 Å². The van der Waals surface area contributed by atoms with E-state index in [2.05, 4.69) is 0 Å². The van der Waals surface area contributed by atoms with E-state index in [9.17, 15) is 9.59 Å². The molecule has 5 nitrogen and oxygen atoms in total. The van der Waals surface area contributed by atoms with E-state index in [1.807, 2.05) is 13.8 Å². The molecule has 0 spiro atoms. The van der Waals surface area contributed by atoms with Crippen LogP contribution < -0.4 is 17.2 Å². The van der Waals surface area contributed by atoms with Crippen LogP contribution in [0.5, 0.6) is 0 Å². The minimum Gasteiger partial charge on any atom is -0.324 e. The monoisotopic (exact) mass is 313 g/mol. The highest BCUT2D eigenvalue weighted by Gasteiger charge is 2.26. The van der Waals surface area contributed by atoms with E-state index in [0.29, 0.717) is 12.8 Å². The standard InChI is InChI=1S/C17H35N3O2/c1-4-14(21)16(2,19)11-9-7-5-6-8-10-12-17(3,20)15(22)13-18/h4-13,18-20H2,1-3H3. The Bertz CT molecular complexity index is 318. The van der Waals surface area contributed by atoms with Crippen LogP contribution in [-0.4, -0.2) is 29.2 Å². The molecule has 0 bridgehead atoms. The Hall–Kier alpha value is -0.780. The number of carbonyl (C=O) groups is 2. The van der Waals surface area contributed by atoms with Gasteiger partial charge in [-0.05, 0) is 26.7 Å². The summed E-state index contributed by atoms with van der Waals surface area (Å²) in [6.07, 6.45) is 8.29. The van der Waals surface area contributed by atoms with Crippen molar-refractivity contribution in [1.29, 1.82) is 0 Å². The number of ketones is 2. The van der Waals surface area contributed by atoms with Gasteiger partial charge in [0.2, 0.25) is 0 Å². The van der Waals surface area contributed by atoms with Crippen molar-refractivity contribution >= 4 is 11.6 Å². The molecule has 0 aliphatic carbocycles. The van der Waals surface area contributed by atoms with Crippen molar-refractivity contribution in [1.82, 2.24) is 0 Å². The average Bonchev–Trinajstić information content (AvgIpc) is 2.47. The highest BCUT2D eigenvalue weighted by Crippen LogP contribution is 2.17. The first-order valence-corrected chi connectivity index (χ1v) is 8.52. The van der Waals surface area contributed by atoms with Crippen molar-refractivity contribution in [2.45, 2.75) is 89.6 Å². The molecule has 2 unspecified atom stereocenters. The zero-order valence-electron chi connectivity index (χ0n) is 14.6. The lowest BCUT2D eigenvalue weighted by Crippen LogP contribution is -2.47. The van der Waals surface area contributed by atoms with E-state index < -0.39 is 11.1 Å². The summed E-state index contributed by atoms with van der Waals surface area (Å²) >= 11 is 0. The molecule has 2 atom stereocenters. The second-order valence-electron chi connectivity index (χ2n) is 6.86. The second-order valence-corrected chi connectivity index (χ2v) is 6.86. The van der Waals surface area contributed by atoms with Crippen molar-refractivity contribution < 1.29 is 9.59 Å². The molecule has 0 aromatic rings. The molecule has 0 radical (unpaired) electrons. The van der Waals surface area contributed by atoms with Gasteiger partial charge in [-0.15, -0.1) is 0 Å². The lowest BCUT2D eigenvalue weighted by Gasteiger charge is -2.22. The fourth-order valence-corrected chi connectivity index (χ4v) is 2.61. The quantitative estimate of drug-likeness (QED) is 0.450. The molecule has 6 N–H and O–H groups in total. The molecule has 130 valence electrons. The maximum atomic E-state index is 11.6. The Kier molecular flexibility index (Phi) is 9.72. The highest BCUT2D eigenvalue weighted by molar-refractivity contribution is 5.89. The van der Waals surface area contributed by atoms with Crippen molar-refractivity contribution in [3.05, 3.63) is 0 Å². The Morgan fingerprint density at radius 1 is 0.773 bits per heavy atom. The van der Waals surface area contributed by atoms with Crippen LogP contribution in [0.3, 0.4) is 0 Å². The summed E-state index contributed by atoms with van der Waals surface area (Å²) in [5.41, 5.74) is 15.9. The van der Waals surface area contributed by atoms with Crippen LogP contribution in [0, 0.1) is 0 Å². The van der Waals surface area contributed by atoms with E-state index in [-0.39, 0.29) is 18.1 Å². The number of unbranched alkanes of at least 4 members (excludes halogenated alkanes) is 5. The number of nitrogens with two attached hydrogens (primary N) is 3. The zero-order valence-corrected chi connectivity index (χ0v) is 14.6. The first-order valence-electron chi connectivity index (χ1n) is 8.52. The summed E-state index contributed by atoms with van der Waals surface area (Å²) in [6, 6.07) is 0. The molecule has 22 heavy (non-hydrogen) atoms. The first-order chi connectivity index (χ1) is 10.2. The number of Topliss-reactive ketones (excluding diaryl/α,β-unsaturated/α-hetero) is 2. The molecule has 0 aliphatic heterocycles. The van der Waals surface area contributed by atoms with Gasteiger partial charge in [0, 0.05) is 6.42 Å². The van der Waals surface area contributed by atoms with E-state index >= 15 is 0 Å². The summed E-state index contributed by atoms with van der Waals surface area (Å²) in [6.45, 7) is 5.46. The highest BCUT2D eigenvalue weighted by atomic mass is 16.1. The van der Waals surface area contributed by atoms with Crippen molar-refractivity contribution in [2.75, 3.05) is 6.54 Å². The fraction of sp³-hybridized carbons (Fsp3) is 0.882. The van der Waals surface area contributed by atoms with Gasteiger partial charge in [-0.3, -0.25) is 9.59 Å². The van der Waals surface area contributed by atoms with Crippen LogP contribution in [0.1, 0.15) is 78.6 Å². The molecule has 0 rings (SSSR count). The molecule has 0 amide bonds. The first kappa shape index (κ1) is 21.2. The van der Waals surface area contributed by atoms with Gasteiger partial charge in [0.1, 0.15) is 0 Å². The Balaban J connectivity index is 3.67. The third-order valence-electron chi connectivity index (χ3n) is 4.42. The van der Waals surface area contributed by atoms with Crippen LogP contribution >= 0.6 is 0 Å². The van der Waals surface area contributed by atoms with Gasteiger partial charge in [0.25, 0.3) is 0 Å². The average molecular weight is 313 g/mol. The van der Waals surface area contributed by atoms with Crippen LogP contribution in [-0.2, 0) is 9.59 Å². The van der Waals surface area contributed by atoms with Crippen molar-refractivity contribution in [2.24, 2.45) is 17.2 Å². The van der Waals surface area contributed by atoms with E-state index in [1.165, 1.54) is 0 Å². The Morgan fingerprint density at radius 3 is 1.50 bits per heavy atom. The number of rotatable bonds is 13. The predicted molar refractivity (Wildman–Crippen MR) is 91.5 cm³/mol. The number of hydrogen-bond donors (Lipinski definition) is 3. The van der Waals surface area contributed by atoms with E-state index in [1.54, 1.807) is 6.92 Å². The third-order valence-corrected chi connectivity index (χ3v) is 4.42. The fourth-order valence-electron chi connectivity index (χ4n) is 2.61. The van der Waals surface area contributed by atoms with Crippen molar-refractivity contribution in [3.8, 4) is 0 Å². The lowest BCUT2D eigenvalue weighted by molar-refractivity contribution is -0.123. The SMILES string of the molecule is CCC(=O)C(C)(N)CCCCCCCCC(C)(N)C(=O)CN. The third kappa shape index (κ3) is 8.01. The molecule has 0 fully saturated rings. The molecular weight excluding hydrogens is 278 g/mol. The van der Waals surface area contributed by atoms with E-state index in [4.69, 9.17) is 17.2 Å². The molecule has 0 aromatic carbocycles. The normalized spacial score (nSPS) is 16.8. The Labute approximate surface area is 135 Å². The summed E-state index contributed by atoms with van der Waals surface area (Å²) in [4.78, 5) is 23.2. The predicted octanol–water partition coefficient (Wildman–Crippen LogP) is 2.05. The topological polar surface area (TPSA) is 112 Å². The van der Waals surface area contributed by atoms with Crippen LogP contribution in [0.15, 0.2) is 0 Å². The maximum Gasteiger partial charge on any atom is 0.165 e. The summed E-state index contributed by atoms with van der Waals surface area (Å²) in [5, 5.41) is 0. The van der Waals surface area contributed by atoms with Gasteiger partial charge in [0.15, 0.2) is 11.6 Å². The summed E-state index contributed by atoms with van der Waals surface area (Å²) in [5.74, 6) is 0.0645. The molecule has 0 heterocycles. The summed E-state index contributed by atoms with van der Waals surface area (Å²) in [7, 11) is 0.